The molecule has 3 aromatic rings. The molecule has 1 N–H and O–H groups in total. The van der Waals surface area contributed by atoms with Crippen LogP contribution in [0.15, 0.2) is 65.0 Å². The molecule has 1 aliphatic rings. The van der Waals surface area contributed by atoms with E-state index in [0.29, 0.717) is 36.9 Å². The SMILES string of the molecule is O=C(NCc1ccccn1)c1sccc1S(=O)(=O)N1CCN(c2ccccc2Cl)CC1. The summed E-state index contributed by atoms with van der Waals surface area (Å²) in [5.74, 6) is -0.422. The minimum atomic E-state index is -3.79. The summed E-state index contributed by atoms with van der Waals surface area (Å²) in [6, 6.07) is 14.4. The van der Waals surface area contributed by atoms with E-state index in [4.69, 9.17) is 11.6 Å². The summed E-state index contributed by atoms with van der Waals surface area (Å²) >= 11 is 7.39. The monoisotopic (exact) mass is 476 g/mol. The van der Waals surface area contributed by atoms with Crippen LogP contribution in [0.4, 0.5) is 5.69 Å². The standard InChI is InChI=1S/C21H21ClN4O3S2/c22-17-6-1-2-7-18(17)25-10-12-26(13-11-25)31(28,29)19-8-14-30-20(19)21(27)24-15-16-5-3-4-9-23-16/h1-9,14H,10-13,15H2,(H,24,27). The van der Waals surface area contributed by atoms with Crippen LogP contribution in [0.5, 0.6) is 0 Å². The number of halogens is 1. The highest BCUT2D eigenvalue weighted by atomic mass is 35.5. The number of hydrogen-bond donors (Lipinski definition) is 1. The minimum Gasteiger partial charge on any atom is -0.368 e. The number of nitrogens with one attached hydrogen (secondary N) is 1. The number of hydrogen-bond acceptors (Lipinski definition) is 6. The molecule has 7 nitrogen and oxygen atoms in total. The Bertz CT molecular complexity index is 1160. The lowest BCUT2D eigenvalue weighted by molar-refractivity contribution is 0.0951. The van der Waals surface area contributed by atoms with Crippen LogP contribution in [0, 0.1) is 0 Å². The van der Waals surface area contributed by atoms with Crippen molar-refractivity contribution in [2.75, 3.05) is 31.1 Å². The minimum absolute atomic E-state index is 0.0437. The topological polar surface area (TPSA) is 82.6 Å². The smallest absolute Gasteiger partial charge is 0.263 e. The van der Waals surface area contributed by atoms with Crippen LogP contribution in [-0.4, -0.2) is 49.8 Å². The number of pyridine rings is 1. The van der Waals surface area contributed by atoms with Crippen LogP contribution in [-0.2, 0) is 16.6 Å². The molecule has 0 saturated carbocycles. The third-order valence-electron chi connectivity index (χ3n) is 5.04. The van der Waals surface area contributed by atoms with Crippen molar-refractivity contribution in [2.24, 2.45) is 0 Å². The van der Waals surface area contributed by atoms with Gasteiger partial charge >= 0.3 is 0 Å². The molecular weight excluding hydrogens is 456 g/mol. The zero-order valence-electron chi connectivity index (χ0n) is 16.6. The maximum atomic E-state index is 13.3. The van der Waals surface area contributed by atoms with Crippen molar-refractivity contribution < 1.29 is 13.2 Å². The molecule has 162 valence electrons. The number of para-hydroxylation sites is 1. The maximum Gasteiger partial charge on any atom is 0.263 e. The Morgan fingerprint density at radius 2 is 1.81 bits per heavy atom. The number of carbonyl (C=O) groups is 1. The van der Waals surface area contributed by atoms with Crippen LogP contribution in [0.3, 0.4) is 0 Å². The van der Waals surface area contributed by atoms with E-state index in [1.54, 1.807) is 23.7 Å². The van der Waals surface area contributed by atoms with Gasteiger partial charge in [-0.3, -0.25) is 9.78 Å². The number of amides is 1. The second kappa shape index (κ2) is 9.35. The first-order chi connectivity index (χ1) is 15.0. The molecule has 31 heavy (non-hydrogen) atoms. The Morgan fingerprint density at radius 3 is 2.52 bits per heavy atom. The van der Waals surface area contributed by atoms with Gasteiger partial charge in [0.1, 0.15) is 9.77 Å². The summed E-state index contributed by atoms with van der Waals surface area (Å²) in [7, 11) is -3.79. The lowest BCUT2D eigenvalue weighted by Gasteiger charge is -2.35. The highest BCUT2D eigenvalue weighted by molar-refractivity contribution is 7.89. The van der Waals surface area contributed by atoms with Gasteiger partial charge in [-0.15, -0.1) is 11.3 Å². The van der Waals surface area contributed by atoms with Gasteiger partial charge in [-0.2, -0.15) is 4.31 Å². The summed E-state index contributed by atoms with van der Waals surface area (Å²) in [5, 5.41) is 5.02. The Labute approximate surface area is 190 Å². The molecule has 3 heterocycles. The van der Waals surface area contributed by atoms with E-state index < -0.39 is 15.9 Å². The quantitative estimate of drug-likeness (QED) is 0.590. The van der Waals surface area contributed by atoms with E-state index in [0.717, 1.165) is 17.0 Å². The Balaban J connectivity index is 1.45. The molecule has 1 saturated heterocycles. The van der Waals surface area contributed by atoms with Crippen molar-refractivity contribution in [1.29, 1.82) is 0 Å². The van der Waals surface area contributed by atoms with Gasteiger partial charge in [0.15, 0.2) is 0 Å². The molecule has 0 spiro atoms. The number of aromatic nitrogens is 1. The molecule has 0 unspecified atom stereocenters. The van der Waals surface area contributed by atoms with Crippen LogP contribution < -0.4 is 10.2 Å². The van der Waals surface area contributed by atoms with Crippen LogP contribution in [0.1, 0.15) is 15.4 Å². The number of benzene rings is 1. The summed E-state index contributed by atoms with van der Waals surface area (Å²) < 4.78 is 27.9. The lowest BCUT2D eigenvalue weighted by Crippen LogP contribution is -2.49. The molecule has 0 bridgehead atoms. The van der Waals surface area contributed by atoms with Gasteiger partial charge < -0.3 is 10.2 Å². The van der Waals surface area contributed by atoms with Crippen LogP contribution >= 0.6 is 22.9 Å². The summed E-state index contributed by atoms with van der Waals surface area (Å²) in [5.41, 5.74) is 1.60. The van der Waals surface area contributed by atoms with Gasteiger partial charge in [-0.1, -0.05) is 29.8 Å². The molecule has 0 atom stereocenters. The predicted molar refractivity (Wildman–Crippen MR) is 122 cm³/mol. The Hall–Kier alpha value is -2.46. The van der Waals surface area contributed by atoms with Crippen molar-refractivity contribution in [3.05, 3.63) is 75.7 Å². The summed E-state index contributed by atoms with van der Waals surface area (Å²) in [4.78, 5) is 19.1. The van der Waals surface area contributed by atoms with Crippen molar-refractivity contribution in [3.63, 3.8) is 0 Å². The van der Waals surface area contributed by atoms with Crippen molar-refractivity contribution in [3.8, 4) is 0 Å². The second-order valence-electron chi connectivity index (χ2n) is 6.96. The largest absolute Gasteiger partial charge is 0.368 e. The van der Waals surface area contributed by atoms with E-state index in [2.05, 4.69) is 15.2 Å². The van der Waals surface area contributed by atoms with Gasteiger partial charge in [-0.05, 0) is 35.7 Å². The number of rotatable bonds is 6. The number of anilines is 1. The van der Waals surface area contributed by atoms with Gasteiger partial charge in [0.05, 0.1) is 22.9 Å². The van der Waals surface area contributed by atoms with Gasteiger partial charge in [0.25, 0.3) is 5.91 Å². The number of thiophene rings is 1. The molecule has 4 rings (SSSR count). The Kier molecular flexibility index (Phi) is 6.57. The molecule has 1 aliphatic heterocycles. The third kappa shape index (κ3) is 4.74. The van der Waals surface area contributed by atoms with E-state index >= 15 is 0 Å². The third-order valence-corrected chi connectivity index (χ3v) is 8.34. The average Bonchev–Trinajstić information content (AvgIpc) is 3.30. The van der Waals surface area contributed by atoms with Gasteiger partial charge in [0.2, 0.25) is 10.0 Å². The van der Waals surface area contributed by atoms with E-state index in [9.17, 15) is 13.2 Å². The lowest BCUT2D eigenvalue weighted by atomic mass is 10.2. The first-order valence-corrected chi connectivity index (χ1v) is 12.4. The highest BCUT2D eigenvalue weighted by Crippen LogP contribution is 2.29. The van der Waals surface area contributed by atoms with Crippen LogP contribution in [0.25, 0.3) is 0 Å². The summed E-state index contributed by atoms with van der Waals surface area (Å²) in [6.45, 7) is 1.91. The highest BCUT2D eigenvalue weighted by Gasteiger charge is 2.32. The fourth-order valence-electron chi connectivity index (χ4n) is 3.44. The zero-order chi connectivity index (χ0) is 21.8. The molecular formula is C21H21ClN4O3S2. The molecule has 0 aliphatic carbocycles. The number of carbonyl (C=O) groups excluding carboxylic acids is 1. The molecule has 1 amide bonds. The number of sulfonamides is 1. The Morgan fingerprint density at radius 1 is 1.06 bits per heavy atom. The first-order valence-electron chi connectivity index (χ1n) is 9.72. The van der Waals surface area contributed by atoms with Gasteiger partial charge in [-0.25, -0.2) is 8.42 Å². The number of nitrogens with zero attached hydrogens (tertiary/aromatic N) is 3. The van der Waals surface area contributed by atoms with Crippen LogP contribution in [0.2, 0.25) is 5.02 Å². The molecule has 10 heteroatoms. The van der Waals surface area contributed by atoms with E-state index in [1.165, 1.54) is 10.4 Å². The second-order valence-corrected chi connectivity index (χ2v) is 10.2. The first kappa shape index (κ1) is 21.8. The van der Waals surface area contributed by atoms with Gasteiger partial charge in [0, 0.05) is 32.4 Å². The van der Waals surface area contributed by atoms with Crippen molar-refractivity contribution in [1.82, 2.24) is 14.6 Å². The molecule has 0 radical (unpaired) electrons. The molecule has 1 aromatic carbocycles. The molecule has 1 fully saturated rings. The van der Waals surface area contributed by atoms with Crippen molar-refractivity contribution >= 4 is 44.6 Å². The average molecular weight is 477 g/mol. The summed E-state index contributed by atoms with van der Waals surface area (Å²) in [6.07, 6.45) is 1.64. The van der Waals surface area contributed by atoms with Crippen molar-refractivity contribution in [2.45, 2.75) is 11.4 Å². The fraction of sp³-hybridized carbons (Fsp3) is 0.238. The maximum absolute atomic E-state index is 13.3. The zero-order valence-corrected chi connectivity index (χ0v) is 19.0. The van der Waals surface area contributed by atoms with E-state index in [1.807, 2.05) is 30.3 Å². The number of piperazine rings is 1. The van der Waals surface area contributed by atoms with E-state index in [-0.39, 0.29) is 16.3 Å². The molecule has 2 aromatic heterocycles. The fourth-order valence-corrected chi connectivity index (χ4v) is 6.43. The predicted octanol–water partition coefficient (Wildman–Crippen LogP) is 3.24. The normalized spacial score (nSPS) is 15.1.